The molecule has 1 N–H and O–H groups in total. The molecule has 0 bridgehead atoms. The van der Waals surface area contributed by atoms with E-state index in [0.29, 0.717) is 11.8 Å². The second-order valence-corrected chi connectivity index (χ2v) is 7.13. The van der Waals surface area contributed by atoms with Gasteiger partial charge in [0.1, 0.15) is 0 Å². The molecule has 1 nitrogen and oxygen atoms in total. The average molecular weight is 240 g/mol. The highest BCUT2D eigenvalue weighted by molar-refractivity contribution is 4.84. The zero-order chi connectivity index (χ0) is 12.9. The largest absolute Gasteiger partial charge is 0.390 e. The maximum absolute atomic E-state index is 10.9. The Labute approximate surface area is 108 Å². The van der Waals surface area contributed by atoms with Crippen LogP contribution < -0.4 is 0 Å². The maximum atomic E-state index is 10.9. The fraction of sp³-hybridized carbons (Fsp3) is 1.00. The average Bonchev–Trinajstić information content (AvgIpc) is 2.15. The molecule has 0 spiro atoms. The van der Waals surface area contributed by atoms with Crippen molar-refractivity contribution in [2.24, 2.45) is 17.8 Å². The molecule has 102 valence electrons. The van der Waals surface area contributed by atoms with Gasteiger partial charge in [-0.1, -0.05) is 59.8 Å². The Morgan fingerprint density at radius 1 is 0.941 bits per heavy atom. The summed E-state index contributed by atoms with van der Waals surface area (Å²) < 4.78 is 0. The molecule has 0 radical (unpaired) electrons. The number of hydrogen-bond donors (Lipinski definition) is 1. The maximum Gasteiger partial charge on any atom is 0.0655 e. The molecular weight excluding hydrogens is 208 g/mol. The van der Waals surface area contributed by atoms with E-state index in [1.165, 1.54) is 32.1 Å². The first-order valence-corrected chi connectivity index (χ1v) is 7.63. The van der Waals surface area contributed by atoms with Crippen LogP contribution in [0.2, 0.25) is 0 Å². The van der Waals surface area contributed by atoms with Crippen LogP contribution in [0.4, 0.5) is 0 Å². The fourth-order valence-electron chi connectivity index (χ4n) is 3.70. The molecule has 0 unspecified atom stereocenters. The van der Waals surface area contributed by atoms with Crippen molar-refractivity contribution in [1.29, 1.82) is 0 Å². The summed E-state index contributed by atoms with van der Waals surface area (Å²) in [4.78, 5) is 0. The number of hydrogen-bond acceptors (Lipinski definition) is 1. The van der Waals surface area contributed by atoms with E-state index in [9.17, 15) is 5.11 Å². The normalized spacial score (nSPS) is 19.2. The molecular formula is C16H32O. The predicted molar refractivity (Wildman–Crippen MR) is 75.1 cm³/mol. The summed E-state index contributed by atoms with van der Waals surface area (Å²) in [7, 11) is 0. The third-order valence-electron chi connectivity index (χ3n) is 3.97. The van der Waals surface area contributed by atoms with Crippen molar-refractivity contribution >= 4 is 0 Å². The molecule has 0 amide bonds. The standard InChI is InChI=1S/C16H32O/c1-13(2)10-16(17,11-14(3)4)12-15-8-6-5-7-9-15/h13-15,17H,5-12H2,1-4H3. The van der Waals surface area contributed by atoms with E-state index in [0.717, 1.165) is 25.2 Å². The molecule has 0 atom stereocenters. The van der Waals surface area contributed by atoms with Crippen molar-refractivity contribution in [1.82, 2.24) is 0 Å². The second-order valence-electron chi connectivity index (χ2n) is 7.13. The third-order valence-corrected chi connectivity index (χ3v) is 3.97. The van der Waals surface area contributed by atoms with Crippen LogP contribution in [0.3, 0.4) is 0 Å². The summed E-state index contributed by atoms with van der Waals surface area (Å²) >= 11 is 0. The van der Waals surface area contributed by atoms with Crippen molar-refractivity contribution < 1.29 is 5.11 Å². The number of rotatable bonds is 6. The van der Waals surface area contributed by atoms with E-state index in [2.05, 4.69) is 27.7 Å². The number of aliphatic hydroxyl groups is 1. The predicted octanol–water partition coefficient (Wildman–Crippen LogP) is 4.78. The van der Waals surface area contributed by atoms with Crippen LogP contribution in [0, 0.1) is 17.8 Å². The van der Waals surface area contributed by atoms with Crippen molar-refractivity contribution in [3.8, 4) is 0 Å². The van der Waals surface area contributed by atoms with Gasteiger partial charge in [0, 0.05) is 0 Å². The molecule has 1 fully saturated rings. The van der Waals surface area contributed by atoms with Crippen LogP contribution in [0.15, 0.2) is 0 Å². The van der Waals surface area contributed by atoms with Crippen molar-refractivity contribution in [3.63, 3.8) is 0 Å². The van der Waals surface area contributed by atoms with Gasteiger partial charge < -0.3 is 5.11 Å². The highest BCUT2D eigenvalue weighted by Crippen LogP contribution is 2.36. The monoisotopic (exact) mass is 240 g/mol. The van der Waals surface area contributed by atoms with Crippen molar-refractivity contribution in [2.75, 3.05) is 0 Å². The molecule has 0 aromatic heterocycles. The van der Waals surface area contributed by atoms with Crippen molar-refractivity contribution in [3.05, 3.63) is 0 Å². The minimum absolute atomic E-state index is 0.398. The zero-order valence-corrected chi connectivity index (χ0v) is 12.3. The SMILES string of the molecule is CC(C)CC(O)(CC(C)C)CC1CCCCC1. The Morgan fingerprint density at radius 2 is 1.41 bits per heavy atom. The Balaban J connectivity index is 2.54. The molecule has 1 heteroatoms. The summed E-state index contributed by atoms with van der Waals surface area (Å²) in [6, 6.07) is 0. The molecule has 0 saturated heterocycles. The van der Waals surface area contributed by atoms with E-state index < -0.39 is 5.60 Å². The second kappa shape index (κ2) is 6.78. The van der Waals surface area contributed by atoms with Gasteiger partial charge in [-0.2, -0.15) is 0 Å². The molecule has 1 aliphatic carbocycles. The van der Waals surface area contributed by atoms with Gasteiger partial charge in [0.05, 0.1) is 5.60 Å². The first-order valence-electron chi connectivity index (χ1n) is 7.63. The highest BCUT2D eigenvalue weighted by atomic mass is 16.3. The first-order chi connectivity index (χ1) is 7.91. The first kappa shape index (κ1) is 15.0. The van der Waals surface area contributed by atoms with Crippen LogP contribution in [-0.2, 0) is 0 Å². The lowest BCUT2D eigenvalue weighted by molar-refractivity contribution is -0.0250. The van der Waals surface area contributed by atoms with Crippen LogP contribution in [0.25, 0.3) is 0 Å². The molecule has 0 aromatic rings. The summed E-state index contributed by atoms with van der Waals surface area (Å²) in [5.41, 5.74) is -0.398. The van der Waals surface area contributed by atoms with Gasteiger partial charge in [0.2, 0.25) is 0 Å². The van der Waals surface area contributed by atoms with E-state index in [1.807, 2.05) is 0 Å². The van der Waals surface area contributed by atoms with Gasteiger partial charge in [0.15, 0.2) is 0 Å². The van der Waals surface area contributed by atoms with E-state index in [1.54, 1.807) is 0 Å². The van der Waals surface area contributed by atoms with Gasteiger partial charge >= 0.3 is 0 Å². The summed E-state index contributed by atoms with van der Waals surface area (Å²) in [5.74, 6) is 1.98. The van der Waals surface area contributed by atoms with E-state index in [-0.39, 0.29) is 0 Å². The minimum atomic E-state index is -0.398. The molecule has 0 heterocycles. The third kappa shape index (κ3) is 5.90. The minimum Gasteiger partial charge on any atom is -0.390 e. The molecule has 0 aliphatic heterocycles. The fourth-order valence-corrected chi connectivity index (χ4v) is 3.70. The Morgan fingerprint density at radius 3 is 1.82 bits per heavy atom. The van der Waals surface area contributed by atoms with Crippen molar-refractivity contribution in [2.45, 2.75) is 84.7 Å². The van der Waals surface area contributed by atoms with Gasteiger partial charge in [-0.05, 0) is 37.0 Å². The highest BCUT2D eigenvalue weighted by Gasteiger charge is 2.32. The van der Waals surface area contributed by atoms with Crippen LogP contribution in [-0.4, -0.2) is 10.7 Å². The van der Waals surface area contributed by atoms with E-state index in [4.69, 9.17) is 0 Å². The molecule has 1 aliphatic rings. The smallest absolute Gasteiger partial charge is 0.0655 e. The quantitative estimate of drug-likeness (QED) is 0.708. The van der Waals surface area contributed by atoms with Gasteiger partial charge in [0.25, 0.3) is 0 Å². The summed E-state index contributed by atoms with van der Waals surface area (Å²) in [5, 5.41) is 10.9. The van der Waals surface area contributed by atoms with Gasteiger partial charge in [-0.15, -0.1) is 0 Å². The van der Waals surface area contributed by atoms with Crippen LogP contribution in [0.1, 0.15) is 79.1 Å². The Kier molecular flexibility index (Phi) is 5.99. The topological polar surface area (TPSA) is 20.2 Å². The van der Waals surface area contributed by atoms with E-state index >= 15 is 0 Å². The lowest BCUT2D eigenvalue weighted by Crippen LogP contribution is -2.35. The molecule has 0 aromatic carbocycles. The lowest BCUT2D eigenvalue weighted by atomic mass is 9.75. The Hall–Kier alpha value is -0.0400. The summed E-state index contributed by atoms with van der Waals surface area (Å²) in [6.07, 6.45) is 9.85. The molecule has 17 heavy (non-hydrogen) atoms. The zero-order valence-electron chi connectivity index (χ0n) is 12.3. The van der Waals surface area contributed by atoms with Gasteiger partial charge in [-0.25, -0.2) is 0 Å². The molecule has 1 rings (SSSR count). The molecule has 1 saturated carbocycles. The van der Waals surface area contributed by atoms with Crippen LogP contribution >= 0.6 is 0 Å². The van der Waals surface area contributed by atoms with Crippen LogP contribution in [0.5, 0.6) is 0 Å². The van der Waals surface area contributed by atoms with Gasteiger partial charge in [-0.3, -0.25) is 0 Å². The summed E-state index contributed by atoms with van der Waals surface area (Å²) in [6.45, 7) is 8.91. The lowest BCUT2D eigenvalue weighted by Gasteiger charge is -2.36. The Bertz CT molecular complexity index is 192.